The normalized spacial score (nSPS) is 20.9. The molecule has 5 aromatic rings. The Labute approximate surface area is 253 Å². The molecule has 3 aliphatic rings. The van der Waals surface area contributed by atoms with E-state index in [-0.39, 0.29) is 18.1 Å². The van der Waals surface area contributed by atoms with Gasteiger partial charge in [-0.1, -0.05) is 12.2 Å². The molecule has 2 aliphatic heterocycles. The van der Waals surface area contributed by atoms with Gasteiger partial charge in [-0.15, -0.1) is 0 Å². The first kappa shape index (κ1) is 26.7. The second kappa shape index (κ2) is 10.7. The van der Waals surface area contributed by atoms with Crippen molar-refractivity contribution in [2.75, 3.05) is 23.4 Å². The van der Waals surface area contributed by atoms with E-state index in [9.17, 15) is 9.59 Å². The molecule has 11 heteroatoms. The third-order valence-electron chi connectivity index (χ3n) is 9.11. The SMILES string of the molecule is NC1CCC(n2ccc3cc(Nc4ncc5c(=O)n6n(c5n4)-c4ccc5c(c4)N(CCC/C=C\C6)C(=O)CO5)ccc32)CC1. The number of hydrogen-bond acceptors (Lipinski definition) is 7. The molecule has 3 N–H and O–H groups in total. The second-order valence-electron chi connectivity index (χ2n) is 11.9. The lowest BCUT2D eigenvalue weighted by Gasteiger charge is -2.30. The molecular formula is C33H34N8O3. The number of benzene rings is 2. The molecule has 1 amide bonds. The summed E-state index contributed by atoms with van der Waals surface area (Å²) in [6, 6.07) is 14.9. The van der Waals surface area contributed by atoms with Gasteiger partial charge < -0.3 is 25.3 Å². The van der Waals surface area contributed by atoms with Crippen LogP contribution in [-0.2, 0) is 11.3 Å². The first-order chi connectivity index (χ1) is 21.5. The van der Waals surface area contributed by atoms with Crippen LogP contribution >= 0.6 is 0 Å². The second-order valence-corrected chi connectivity index (χ2v) is 11.9. The van der Waals surface area contributed by atoms with E-state index in [0.717, 1.165) is 49.6 Å². The number of nitrogens with one attached hydrogen (secondary N) is 1. The lowest BCUT2D eigenvalue weighted by molar-refractivity contribution is -0.121. The maximum atomic E-state index is 13.6. The quantitative estimate of drug-likeness (QED) is 0.289. The van der Waals surface area contributed by atoms with Crippen LogP contribution in [0.3, 0.4) is 0 Å². The maximum Gasteiger partial charge on any atom is 0.278 e. The van der Waals surface area contributed by atoms with E-state index < -0.39 is 0 Å². The minimum atomic E-state index is -0.179. The molecule has 11 nitrogen and oxygen atoms in total. The Bertz CT molecular complexity index is 2000. The zero-order valence-corrected chi connectivity index (χ0v) is 24.4. The Morgan fingerprint density at radius 3 is 2.77 bits per heavy atom. The molecular weight excluding hydrogens is 556 g/mol. The third kappa shape index (κ3) is 4.55. The number of allylic oxidation sites excluding steroid dienone is 2. The fraction of sp³-hybridized carbons (Fsp3) is 0.333. The van der Waals surface area contributed by atoms with Gasteiger partial charge in [-0.25, -0.2) is 14.3 Å². The number of amides is 1. The van der Waals surface area contributed by atoms with Crippen molar-refractivity contribution in [3.63, 3.8) is 0 Å². The van der Waals surface area contributed by atoms with Crippen molar-refractivity contribution in [1.29, 1.82) is 0 Å². The summed E-state index contributed by atoms with van der Waals surface area (Å²) in [5, 5.41) is 4.91. The van der Waals surface area contributed by atoms with Crippen LogP contribution in [0.2, 0.25) is 0 Å². The molecule has 1 fully saturated rings. The zero-order valence-electron chi connectivity index (χ0n) is 24.4. The van der Waals surface area contributed by atoms with E-state index in [4.69, 9.17) is 15.5 Å². The fourth-order valence-corrected chi connectivity index (χ4v) is 6.81. The molecule has 2 bridgehead atoms. The van der Waals surface area contributed by atoms with Crippen molar-refractivity contribution < 1.29 is 9.53 Å². The summed E-state index contributed by atoms with van der Waals surface area (Å²) in [6.07, 6.45) is 13.7. The monoisotopic (exact) mass is 590 g/mol. The molecule has 2 aromatic carbocycles. The summed E-state index contributed by atoms with van der Waals surface area (Å²) in [4.78, 5) is 37.5. The molecule has 0 atom stereocenters. The average Bonchev–Trinajstić information content (AvgIpc) is 3.57. The molecule has 0 saturated heterocycles. The van der Waals surface area contributed by atoms with E-state index in [1.807, 2.05) is 35.0 Å². The predicted molar refractivity (Wildman–Crippen MR) is 170 cm³/mol. The number of ether oxygens (including phenoxy) is 1. The van der Waals surface area contributed by atoms with Crippen LogP contribution in [0.4, 0.5) is 17.3 Å². The first-order valence-electron chi connectivity index (χ1n) is 15.4. The van der Waals surface area contributed by atoms with Crippen molar-refractivity contribution in [3.05, 3.63) is 77.4 Å². The van der Waals surface area contributed by atoms with Crippen LogP contribution in [0.1, 0.15) is 44.6 Å². The van der Waals surface area contributed by atoms with Gasteiger partial charge >= 0.3 is 0 Å². The smallest absolute Gasteiger partial charge is 0.278 e. The number of anilines is 3. The van der Waals surface area contributed by atoms with Crippen molar-refractivity contribution in [1.82, 2.24) is 23.9 Å². The van der Waals surface area contributed by atoms with Gasteiger partial charge in [0, 0.05) is 47.6 Å². The summed E-state index contributed by atoms with van der Waals surface area (Å²) < 4.78 is 11.6. The number of fused-ring (bicyclic) bond motifs is 6. The van der Waals surface area contributed by atoms with Gasteiger partial charge in [0.05, 0.1) is 17.9 Å². The van der Waals surface area contributed by atoms with Gasteiger partial charge in [0.25, 0.3) is 11.5 Å². The third-order valence-corrected chi connectivity index (χ3v) is 9.11. The van der Waals surface area contributed by atoms with Gasteiger partial charge in [-0.2, -0.15) is 4.98 Å². The molecule has 0 unspecified atom stereocenters. The lowest BCUT2D eigenvalue weighted by atomic mass is 9.91. The van der Waals surface area contributed by atoms with E-state index in [1.54, 1.807) is 15.8 Å². The topological polar surface area (TPSA) is 125 Å². The molecule has 0 spiro atoms. The van der Waals surface area contributed by atoms with Crippen molar-refractivity contribution in [2.24, 2.45) is 5.73 Å². The number of carbonyl (C=O) groups is 1. The number of hydrogen-bond donors (Lipinski definition) is 2. The van der Waals surface area contributed by atoms with Crippen molar-refractivity contribution in [3.8, 4) is 11.4 Å². The molecule has 8 rings (SSSR count). The maximum absolute atomic E-state index is 13.6. The summed E-state index contributed by atoms with van der Waals surface area (Å²) in [6.45, 7) is 1.00. The highest BCUT2D eigenvalue weighted by Crippen LogP contribution is 2.36. The van der Waals surface area contributed by atoms with Crippen LogP contribution in [0.25, 0.3) is 27.6 Å². The fourth-order valence-electron chi connectivity index (χ4n) is 6.81. The minimum absolute atomic E-state index is 0.0212. The molecule has 44 heavy (non-hydrogen) atoms. The number of carbonyl (C=O) groups excluding carboxylic acids is 1. The standard InChI is InChI=1S/C33H34N8O3/c34-22-5-8-24(9-6-22)38-16-13-21-17-23(7-11-27(21)38)36-33-35-19-26-31(37-33)41-25-10-12-29-28(18-25)39(30(42)20-44-29)14-3-1-2-4-15-40(41)32(26)43/h2,4,7,10-13,16-19,22,24H,1,3,5-6,8-9,14-15,20,34H2,(H,35,36,37)/b4-2-. The summed E-state index contributed by atoms with van der Waals surface area (Å²) in [5.74, 6) is 0.965. The predicted octanol–water partition coefficient (Wildman–Crippen LogP) is 4.80. The number of rotatable bonds is 3. The van der Waals surface area contributed by atoms with Crippen LogP contribution in [0.5, 0.6) is 5.75 Å². The van der Waals surface area contributed by atoms with Gasteiger partial charge in [0.1, 0.15) is 11.1 Å². The van der Waals surface area contributed by atoms with Gasteiger partial charge in [0.2, 0.25) is 5.95 Å². The highest BCUT2D eigenvalue weighted by molar-refractivity contribution is 5.98. The summed E-state index contributed by atoms with van der Waals surface area (Å²) in [5.41, 5.74) is 9.91. The molecule has 1 aliphatic carbocycles. The van der Waals surface area contributed by atoms with E-state index >= 15 is 0 Å². The zero-order chi connectivity index (χ0) is 29.8. The largest absolute Gasteiger partial charge is 0.482 e. The minimum Gasteiger partial charge on any atom is -0.482 e. The Morgan fingerprint density at radius 1 is 1.00 bits per heavy atom. The van der Waals surface area contributed by atoms with E-state index in [1.165, 1.54) is 5.52 Å². The van der Waals surface area contributed by atoms with E-state index in [2.05, 4.69) is 45.3 Å². The van der Waals surface area contributed by atoms with Crippen molar-refractivity contribution in [2.45, 2.75) is 57.2 Å². The number of nitrogens with two attached hydrogens (primary N) is 1. The van der Waals surface area contributed by atoms with Gasteiger partial charge in [-0.3, -0.25) is 9.59 Å². The first-order valence-corrected chi connectivity index (χ1v) is 15.4. The average molecular weight is 591 g/mol. The Hall–Kier alpha value is -4.90. The molecule has 3 aromatic heterocycles. The molecule has 1 saturated carbocycles. The highest BCUT2D eigenvalue weighted by Gasteiger charge is 2.27. The molecule has 5 heterocycles. The van der Waals surface area contributed by atoms with Gasteiger partial charge in [-0.05, 0) is 81.0 Å². The van der Waals surface area contributed by atoms with Gasteiger partial charge in [0.15, 0.2) is 12.3 Å². The van der Waals surface area contributed by atoms with Crippen LogP contribution < -0.4 is 26.2 Å². The summed E-state index contributed by atoms with van der Waals surface area (Å²) in [7, 11) is 0. The Kier molecular flexibility index (Phi) is 6.48. The lowest BCUT2D eigenvalue weighted by Crippen LogP contribution is -2.39. The Morgan fingerprint density at radius 2 is 1.89 bits per heavy atom. The molecule has 0 radical (unpaired) electrons. The number of aromatic nitrogens is 5. The summed E-state index contributed by atoms with van der Waals surface area (Å²) >= 11 is 0. The van der Waals surface area contributed by atoms with Crippen molar-refractivity contribution >= 4 is 45.2 Å². The van der Waals surface area contributed by atoms with Crippen LogP contribution in [-0.4, -0.2) is 49.0 Å². The van der Waals surface area contributed by atoms with Crippen LogP contribution in [0.15, 0.2) is 71.8 Å². The van der Waals surface area contributed by atoms with Crippen LogP contribution in [0, 0.1) is 0 Å². The number of nitrogens with zero attached hydrogens (tertiary/aromatic N) is 6. The molecule has 224 valence electrons. The highest BCUT2D eigenvalue weighted by atomic mass is 16.5. The van der Waals surface area contributed by atoms with E-state index in [0.29, 0.717) is 59.3 Å². The Balaban J connectivity index is 1.18.